The smallest absolute Gasteiger partial charge is 0.462 e. The van der Waals surface area contributed by atoms with Crippen molar-refractivity contribution in [2.24, 2.45) is 0 Å². The van der Waals surface area contributed by atoms with E-state index in [1.807, 2.05) is 12.2 Å². The average molecular weight is 779 g/mol. The molecule has 0 saturated heterocycles. The van der Waals surface area contributed by atoms with Gasteiger partial charge in [-0.25, -0.2) is 4.57 Å². The van der Waals surface area contributed by atoms with Crippen LogP contribution in [0.25, 0.3) is 0 Å². The molecule has 2 N–H and O–H groups in total. The minimum absolute atomic E-state index is 0.128. The average Bonchev–Trinajstić information content (AvgIpc) is 3.14. The summed E-state index contributed by atoms with van der Waals surface area (Å²) in [7, 11) is -4.78. The van der Waals surface area contributed by atoms with Gasteiger partial charge in [-0.2, -0.15) is 0 Å². The molecule has 0 aliphatic heterocycles. The second-order valence-corrected chi connectivity index (χ2v) is 15.5. The van der Waals surface area contributed by atoms with Crippen molar-refractivity contribution < 1.29 is 37.9 Å². The summed E-state index contributed by atoms with van der Waals surface area (Å²) in [4.78, 5) is 42.8. The molecule has 0 spiro atoms. The Hall–Kier alpha value is -2.25. The van der Waals surface area contributed by atoms with Crippen LogP contribution in [0.1, 0.15) is 194 Å². The molecule has 0 aliphatic rings. The molecular formula is C45H79O8P. The van der Waals surface area contributed by atoms with Crippen molar-refractivity contribution in [3.05, 3.63) is 60.8 Å². The van der Waals surface area contributed by atoms with E-state index in [4.69, 9.17) is 19.3 Å². The van der Waals surface area contributed by atoms with Crippen LogP contribution >= 0.6 is 7.82 Å². The Morgan fingerprint density at radius 3 is 1.33 bits per heavy atom. The summed E-state index contributed by atoms with van der Waals surface area (Å²) in [5.41, 5.74) is 0. The summed E-state index contributed by atoms with van der Waals surface area (Å²) < 4.78 is 26.3. The summed E-state index contributed by atoms with van der Waals surface area (Å²) in [6, 6.07) is 0. The van der Waals surface area contributed by atoms with Crippen LogP contribution in [-0.2, 0) is 28.2 Å². The van der Waals surface area contributed by atoms with Crippen LogP contribution in [0.4, 0.5) is 0 Å². The second kappa shape index (κ2) is 40.4. The molecule has 1 atom stereocenters. The van der Waals surface area contributed by atoms with Crippen LogP contribution in [0.5, 0.6) is 0 Å². The van der Waals surface area contributed by atoms with E-state index < -0.39 is 32.5 Å². The molecule has 0 bridgehead atoms. The molecule has 8 nitrogen and oxygen atoms in total. The van der Waals surface area contributed by atoms with Gasteiger partial charge in [0.2, 0.25) is 0 Å². The van der Waals surface area contributed by atoms with Gasteiger partial charge in [0.15, 0.2) is 6.10 Å². The lowest BCUT2D eigenvalue weighted by atomic mass is 10.1. The highest BCUT2D eigenvalue weighted by molar-refractivity contribution is 7.46. The van der Waals surface area contributed by atoms with Gasteiger partial charge in [0.05, 0.1) is 6.61 Å². The zero-order valence-corrected chi connectivity index (χ0v) is 35.2. The Balaban J connectivity index is 4.06. The van der Waals surface area contributed by atoms with Crippen molar-refractivity contribution in [2.45, 2.75) is 200 Å². The Morgan fingerprint density at radius 1 is 0.481 bits per heavy atom. The predicted molar refractivity (Wildman–Crippen MR) is 225 cm³/mol. The van der Waals surface area contributed by atoms with Crippen molar-refractivity contribution in [3.8, 4) is 0 Å². The maximum absolute atomic E-state index is 12.4. The molecule has 9 heteroatoms. The van der Waals surface area contributed by atoms with Crippen LogP contribution in [0.3, 0.4) is 0 Å². The van der Waals surface area contributed by atoms with E-state index in [-0.39, 0.29) is 19.4 Å². The van der Waals surface area contributed by atoms with Crippen LogP contribution in [0, 0.1) is 0 Å². The number of phosphoric acid groups is 1. The van der Waals surface area contributed by atoms with E-state index in [2.05, 4.69) is 67.0 Å². The largest absolute Gasteiger partial charge is 0.469 e. The van der Waals surface area contributed by atoms with Crippen LogP contribution in [-0.4, -0.2) is 41.0 Å². The van der Waals surface area contributed by atoms with Crippen molar-refractivity contribution in [1.82, 2.24) is 0 Å². The van der Waals surface area contributed by atoms with Gasteiger partial charge in [0.25, 0.3) is 0 Å². The first-order valence-corrected chi connectivity index (χ1v) is 23.1. The quantitative estimate of drug-likeness (QED) is 0.0274. The Kier molecular flexibility index (Phi) is 38.7. The van der Waals surface area contributed by atoms with Gasteiger partial charge in [0, 0.05) is 12.8 Å². The molecule has 54 heavy (non-hydrogen) atoms. The number of hydrogen-bond acceptors (Lipinski definition) is 6. The monoisotopic (exact) mass is 779 g/mol. The minimum atomic E-state index is -4.78. The molecule has 0 heterocycles. The lowest BCUT2D eigenvalue weighted by molar-refractivity contribution is -0.161. The third-order valence-electron chi connectivity index (χ3n) is 9.02. The maximum Gasteiger partial charge on any atom is 0.469 e. The molecule has 0 aromatic rings. The highest BCUT2D eigenvalue weighted by Gasteiger charge is 2.22. The molecular weight excluding hydrogens is 699 g/mol. The lowest BCUT2D eigenvalue weighted by Gasteiger charge is -2.18. The van der Waals surface area contributed by atoms with Gasteiger partial charge in [-0.15, -0.1) is 0 Å². The Morgan fingerprint density at radius 2 is 0.870 bits per heavy atom. The van der Waals surface area contributed by atoms with E-state index in [0.717, 1.165) is 32.1 Å². The number of carbonyl (C=O) groups excluding carboxylic acids is 2. The normalized spacial score (nSPS) is 13.0. The van der Waals surface area contributed by atoms with E-state index in [9.17, 15) is 14.2 Å². The molecule has 0 radical (unpaired) electrons. The first-order valence-electron chi connectivity index (χ1n) is 21.6. The van der Waals surface area contributed by atoms with E-state index in [1.165, 1.54) is 116 Å². The van der Waals surface area contributed by atoms with Gasteiger partial charge in [-0.05, 0) is 64.2 Å². The van der Waals surface area contributed by atoms with Crippen LogP contribution in [0.2, 0.25) is 0 Å². The zero-order valence-electron chi connectivity index (χ0n) is 34.4. The molecule has 312 valence electrons. The van der Waals surface area contributed by atoms with Crippen LogP contribution < -0.4 is 0 Å². The van der Waals surface area contributed by atoms with Gasteiger partial charge in [0.1, 0.15) is 6.61 Å². The van der Waals surface area contributed by atoms with Crippen molar-refractivity contribution in [1.29, 1.82) is 0 Å². The standard InChI is InChI=1S/C45H79O8P/c1-3-5-7-9-11-13-15-17-19-20-21-22-23-24-26-28-30-32-34-36-38-40-45(47)53-43(42-52-54(48,49)50)41-51-44(46)39-37-35-33-31-29-27-25-18-16-14-12-10-8-6-4-2/h19-20,22-23,26,28,32-35,43H,3-18,21,24-25,27,29-31,36-42H2,1-2H3,(H2,48,49,50)/b20-19+,23-22+,28-26+,34-32+,35-33+/t43-/m1/s1. The number of unbranched alkanes of at least 4 members (excludes halogenated alkanes) is 19. The minimum Gasteiger partial charge on any atom is -0.462 e. The van der Waals surface area contributed by atoms with Gasteiger partial charge in [-0.1, -0.05) is 177 Å². The summed E-state index contributed by atoms with van der Waals surface area (Å²) in [5, 5.41) is 0. The predicted octanol–water partition coefficient (Wildman–Crippen LogP) is 13.3. The SMILES string of the molecule is CCCCCCCCC/C=C/C/C=C/C/C=C/C/C=C/CCCC(=O)O[C@H](COC(=O)CC/C=C/CCCCCCCCCCCCC)COP(=O)(O)O. The van der Waals surface area contributed by atoms with E-state index >= 15 is 0 Å². The number of ether oxygens (including phenoxy) is 2. The highest BCUT2D eigenvalue weighted by Crippen LogP contribution is 2.36. The second-order valence-electron chi connectivity index (χ2n) is 14.3. The van der Waals surface area contributed by atoms with E-state index in [1.54, 1.807) is 0 Å². The maximum atomic E-state index is 12.4. The number of phosphoric ester groups is 1. The summed E-state index contributed by atoms with van der Waals surface area (Å²) in [5.74, 6) is -1.01. The molecule has 0 amide bonds. The molecule has 0 aliphatic carbocycles. The van der Waals surface area contributed by atoms with Crippen molar-refractivity contribution >= 4 is 19.8 Å². The molecule has 0 rings (SSSR count). The number of allylic oxidation sites excluding steroid dienone is 10. The molecule has 0 aromatic heterocycles. The van der Waals surface area contributed by atoms with Gasteiger partial charge < -0.3 is 19.3 Å². The summed E-state index contributed by atoms with van der Waals surface area (Å²) in [6.07, 6.45) is 51.1. The Labute approximate surface area is 330 Å². The van der Waals surface area contributed by atoms with Crippen molar-refractivity contribution in [3.63, 3.8) is 0 Å². The number of carbonyl (C=O) groups is 2. The molecule has 0 aromatic carbocycles. The third kappa shape index (κ3) is 42.5. The van der Waals surface area contributed by atoms with Gasteiger partial charge in [-0.3, -0.25) is 14.1 Å². The molecule has 0 saturated carbocycles. The number of rotatable bonds is 39. The molecule has 0 unspecified atom stereocenters. The highest BCUT2D eigenvalue weighted by atomic mass is 31.2. The fourth-order valence-corrected chi connectivity index (χ4v) is 6.16. The first kappa shape index (κ1) is 51.8. The first-order chi connectivity index (χ1) is 26.3. The van der Waals surface area contributed by atoms with Crippen molar-refractivity contribution in [2.75, 3.05) is 13.2 Å². The van der Waals surface area contributed by atoms with E-state index in [0.29, 0.717) is 19.3 Å². The zero-order chi connectivity index (χ0) is 39.6. The number of hydrogen-bond donors (Lipinski definition) is 2. The summed E-state index contributed by atoms with van der Waals surface area (Å²) in [6.45, 7) is 3.61. The fraction of sp³-hybridized carbons (Fsp3) is 0.733. The van der Waals surface area contributed by atoms with Crippen LogP contribution in [0.15, 0.2) is 60.8 Å². The third-order valence-corrected chi connectivity index (χ3v) is 9.51. The number of esters is 2. The Bertz CT molecular complexity index is 1060. The fourth-order valence-electron chi connectivity index (χ4n) is 5.79. The topological polar surface area (TPSA) is 119 Å². The molecule has 0 fully saturated rings. The van der Waals surface area contributed by atoms with Gasteiger partial charge >= 0.3 is 19.8 Å². The summed E-state index contributed by atoms with van der Waals surface area (Å²) >= 11 is 0. The lowest BCUT2D eigenvalue weighted by Crippen LogP contribution is -2.29.